The van der Waals surface area contributed by atoms with Gasteiger partial charge in [0, 0.05) is 5.56 Å². The Hall–Kier alpha value is -2.69. The van der Waals surface area contributed by atoms with Crippen molar-refractivity contribution in [3.63, 3.8) is 0 Å². The van der Waals surface area contributed by atoms with Crippen molar-refractivity contribution in [3.8, 4) is 17.2 Å². The zero-order chi connectivity index (χ0) is 15.2. The van der Waals surface area contributed by atoms with Gasteiger partial charge in [-0.25, -0.2) is 0 Å². The average molecular weight is 287 g/mol. The van der Waals surface area contributed by atoms with Crippen LogP contribution in [0.1, 0.15) is 15.9 Å². The normalized spacial score (nSPS) is 10.0. The molecule has 0 fully saturated rings. The first-order valence-corrected chi connectivity index (χ1v) is 6.38. The SMILES string of the molecule is COc1cc(C(N)=O)cc(OC)c1OCc1ccccc1. The molecule has 0 spiro atoms. The Morgan fingerprint density at radius 3 is 2.10 bits per heavy atom. The van der Waals surface area contributed by atoms with E-state index in [-0.39, 0.29) is 0 Å². The minimum absolute atomic E-state index is 0.302. The van der Waals surface area contributed by atoms with Gasteiger partial charge in [-0.05, 0) is 17.7 Å². The lowest BCUT2D eigenvalue weighted by Gasteiger charge is -2.15. The van der Waals surface area contributed by atoms with Crippen LogP contribution in [0.5, 0.6) is 17.2 Å². The van der Waals surface area contributed by atoms with Crippen LogP contribution in [0.2, 0.25) is 0 Å². The van der Waals surface area contributed by atoms with Crippen molar-refractivity contribution >= 4 is 5.91 Å². The molecule has 0 bridgehead atoms. The standard InChI is InChI=1S/C16H17NO4/c1-19-13-8-12(16(17)18)9-14(20-2)15(13)21-10-11-6-4-3-5-7-11/h3-9H,10H2,1-2H3,(H2,17,18). The smallest absolute Gasteiger partial charge is 0.248 e. The lowest BCUT2D eigenvalue weighted by molar-refractivity contribution is 0.0999. The summed E-state index contributed by atoms with van der Waals surface area (Å²) in [5.41, 5.74) is 6.60. The van der Waals surface area contributed by atoms with E-state index in [1.54, 1.807) is 0 Å². The van der Waals surface area contributed by atoms with Crippen LogP contribution in [0, 0.1) is 0 Å². The maximum atomic E-state index is 11.3. The van der Waals surface area contributed by atoms with Crippen molar-refractivity contribution in [1.82, 2.24) is 0 Å². The molecular weight excluding hydrogens is 270 g/mol. The van der Waals surface area contributed by atoms with Gasteiger partial charge in [0.2, 0.25) is 11.7 Å². The van der Waals surface area contributed by atoms with Gasteiger partial charge in [0.15, 0.2) is 11.5 Å². The summed E-state index contributed by atoms with van der Waals surface area (Å²) < 4.78 is 16.3. The molecule has 0 aliphatic heterocycles. The maximum absolute atomic E-state index is 11.3. The molecule has 1 amide bonds. The fourth-order valence-corrected chi connectivity index (χ4v) is 1.89. The summed E-state index contributed by atoms with van der Waals surface area (Å²) in [5, 5.41) is 0. The number of carbonyl (C=O) groups is 1. The van der Waals surface area contributed by atoms with Gasteiger partial charge in [-0.3, -0.25) is 4.79 Å². The summed E-state index contributed by atoms with van der Waals surface area (Å²) in [6.45, 7) is 0.365. The highest BCUT2D eigenvalue weighted by Crippen LogP contribution is 2.38. The van der Waals surface area contributed by atoms with Crippen molar-refractivity contribution in [2.45, 2.75) is 6.61 Å². The first-order valence-electron chi connectivity index (χ1n) is 6.38. The van der Waals surface area contributed by atoms with Crippen molar-refractivity contribution < 1.29 is 19.0 Å². The molecular formula is C16H17NO4. The molecule has 0 saturated carbocycles. The number of hydrogen-bond donors (Lipinski definition) is 1. The molecule has 110 valence electrons. The third-order valence-electron chi connectivity index (χ3n) is 2.97. The number of hydrogen-bond acceptors (Lipinski definition) is 4. The van der Waals surface area contributed by atoms with Crippen LogP contribution >= 0.6 is 0 Å². The summed E-state index contributed by atoms with van der Waals surface area (Å²) in [5.74, 6) is 0.688. The van der Waals surface area contributed by atoms with Gasteiger partial charge < -0.3 is 19.9 Å². The van der Waals surface area contributed by atoms with Gasteiger partial charge in [-0.2, -0.15) is 0 Å². The molecule has 2 N–H and O–H groups in total. The number of ether oxygens (including phenoxy) is 3. The third-order valence-corrected chi connectivity index (χ3v) is 2.97. The van der Waals surface area contributed by atoms with E-state index in [4.69, 9.17) is 19.9 Å². The van der Waals surface area contributed by atoms with Gasteiger partial charge in [-0.15, -0.1) is 0 Å². The molecule has 0 radical (unpaired) electrons. The molecule has 0 saturated heterocycles. The van der Waals surface area contributed by atoms with Gasteiger partial charge in [0.25, 0.3) is 0 Å². The zero-order valence-electron chi connectivity index (χ0n) is 12.0. The van der Waals surface area contributed by atoms with E-state index in [1.165, 1.54) is 26.4 Å². The van der Waals surface area contributed by atoms with Gasteiger partial charge in [0.1, 0.15) is 6.61 Å². The van der Waals surface area contributed by atoms with Crippen LogP contribution in [0.15, 0.2) is 42.5 Å². The minimum atomic E-state index is -0.554. The molecule has 5 nitrogen and oxygen atoms in total. The van der Waals surface area contributed by atoms with E-state index in [0.29, 0.717) is 29.4 Å². The number of methoxy groups -OCH3 is 2. The summed E-state index contributed by atoms with van der Waals surface area (Å²) >= 11 is 0. The fourth-order valence-electron chi connectivity index (χ4n) is 1.89. The van der Waals surface area contributed by atoms with Gasteiger partial charge in [-0.1, -0.05) is 30.3 Å². The van der Waals surface area contributed by atoms with E-state index in [9.17, 15) is 4.79 Å². The summed E-state index contributed by atoms with van der Waals surface area (Å²) in [6.07, 6.45) is 0. The number of rotatable bonds is 6. The lowest BCUT2D eigenvalue weighted by atomic mass is 10.1. The largest absolute Gasteiger partial charge is 0.493 e. The first-order chi connectivity index (χ1) is 10.2. The highest BCUT2D eigenvalue weighted by Gasteiger charge is 2.16. The maximum Gasteiger partial charge on any atom is 0.248 e. The van der Waals surface area contributed by atoms with Crippen LogP contribution < -0.4 is 19.9 Å². The Morgan fingerprint density at radius 2 is 1.62 bits per heavy atom. The number of carbonyl (C=O) groups excluding carboxylic acids is 1. The second-order valence-electron chi connectivity index (χ2n) is 4.35. The first kappa shape index (κ1) is 14.7. The quantitative estimate of drug-likeness (QED) is 0.885. The predicted octanol–water partition coefficient (Wildman–Crippen LogP) is 2.38. The Kier molecular flexibility index (Phi) is 4.66. The molecule has 5 heteroatoms. The highest BCUT2D eigenvalue weighted by atomic mass is 16.5. The molecule has 0 heterocycles. The molecule has 0 aromatic heterocycles. The van der Waals surface area contributed by atoms with E-state index in [0.717, 1.165) is 5.56 Å². The van der Waals surface area contributed by atoms with Crippen LogP contribution in [0.25, 0.3) is 0 Å². The molecule has 21 heavy (non-hydrogen) atoms. The number of nitrogens with two attached hydrogens (primary N) is 1. The van der Waals surface area contributed by atoms with Crippen LogP contribution in [0.4, 0.5) is 0 Å². The van der Waals surface area contributed by atoms with E-state index in [2.05, 4.69) is 0 Å². The molecule has 0 aliphatic rings. The monoisotopic (exact) mass is 287 g/mol. The van der Waals surface area contributed by atoms with Crippen molar-refractivity contribution in [1.29, 1.82) is 0 Å². The van der Waals surface area contributed by atoms with Crippen LogP contribution in [-0.2, 0) is 6.61 Å². The number of benzene rings is 2. The third kappa shape index (κ3) is 3.45. The van der Waals surface area contributed by atoms with Gasteiger partial charge >= 0.3 is 0 Å². The molecule has 2 aromatic carbocycles. The Morgan fingerprint density at radius 1 is 1.05 bits per heavy atom. The number of amides is 1. The molecule has 0 aliphatic carbocycles. The topological polar surface area (TPSA) is 70.8 Å². The van der Waals surface area contributed by atoms with Crippen LogP contribution in [-0.4, -0.2) is 20.1 Å². The summed E-state index contributed by atoms with van der Waals surface area (Å²) in [6, 6.07) is 12.8. The minimum Gasteiger partial charge on any atom is -0.493 e. The lowest BCUT2D eigenvalue weighted by Crippen LogP contribution is -2.12. The zero-order valence-corrected chi connectivity index (χ0v) is 12.0. The van der Waals surface area contributed by atoms with E-state index >= 15 is 0 Å². The van der Waals surface area contributed by atoms with Crippen molar-refractivity contribution in [3.05, 3.63) is 53.6 Å². The fraction of sp³-hybridized carbons (Fsp3) is 0.188. The average Bonchev–Trinajstić information content (AvgIpc) is 2.52. The Balaban J connectivity index is 2.31. The molecule has 0 unspecified atom stereocenters. The molecule has 2 rings (SSSR count). The van der Waals surface area contributed by atoms with E-state index < -0.39 is 5.91 Å². The summed E-state index contributed by atoms with van der Waals surface area (Å²) in [4.78, 5) is 11.3. The molecule has 0 atom stereocenters. The van der Waals surface area contributed by atoms with Crippen LogP contribution in [0.3, 0.4) is 0 Å². The van der Waals surface area contributed by atoms with Crippen molar-refractivity contribution in [2.24, 2.45) is 5.73 Å². The number of primary amides is 1. The highest BCUT2D eigenvalue weighted by molar-refractivity contribution is 5.94. The van der Waals surface area contributed by atoms with E-state index in [1.807, 2.05) is 30.3 Å². The second-order valence-corrected chi connectivity index (χ2v) is 4.35. The second kappa shape index (κ2) is 6.65. The summed E-state index contributed by atoms with van der Waals surface area (Å²) in [7, 11) is 2.99. The van der Waals surface area contributed by atoms with Crippen molar-refractivity contribution in [2.75, 3.05) is 14.2 Å². The molecule has 2 aromatic rings. The predicted molar refractivity (Wildman–Crippen MR) is 78.8 cm³/mol. The Bertz CT molecular complexity index is 600. The van der Waals surface area contributed by atoms with Gasteiger partial charge in [0.05, 0.1) is 14.2 Å². The Labute approximate surface area is 123 Å².